The third-order valence-corrected chi connectivity index (χ3v) is 14.5. The highest BCUT2D eigenvalue weighted by Gasteiger charge is 2.49. The molecule has 0 unspecified atom stereocenters. The molecule has 0 bridgehead atoms. The van der Waals surface area contributed by atoms with Crippen molar-refractivity contribution in [1.29, 1.82) is 0 Å². The van der Waals surface area contributed by atoms with Crippen molar-refractivity contribution in [3.05, 3.63) is 175 Å². The minimum atomic E-state index is -0.228. The number of para-hydroxylation sites is 2. The Balaban J connectivity index is 1.14. The Morgan fingerprint density at radius 2 is 0.897 bits per heavy atom. The zero-order chi connectivity index (χ0) is 46.4. The van der Waals surface area contributed by atoms with Crippen molar-refractivity contribution in [2.75, 3.05) is 9.80 Å². The second kappa shape index (κ2) is 14.4. The molecule has 7 heteroatoms. The van der Waals surface area contributed by atoms with Crippen molar-refractivity contribution in [2.45, 2.75) is 72.1 Å². The highest BCUT2D eigenvalue weighted by atomic mass is 16.4. The minimum Gasteiger partial charge on any atom is -0.464 e. The predicted molar refractivity (Wildman–Crippen MR) is 282 cm³/mol. The fourth-order valence-electron chi connectivity index (χ4n) is 10.9. The molecule has 0 spiro atoms. The van der Waals surface area contributed by atoms with Crippen LogP contribution in [-0.4, -0.2) is 6.71 Å². The first-order valence-corrected chi connectivity index (χ1v) is 23.9. The Bertz CT molecular complexity index is 3600. The molecule has 0 fully saturated rings. The van der Waals surface area contributed by atoms with E-state index in [2.05, 4.69) is 187 Å². The Labute approximate surface area is 396 Å². The molecule has 0 aliphatic carbocycles. The van der Waals surface area contributed by atoms with E-state index < -0.39 is 0 Å². The summed E-state index contributed by atoms with van der Waals surface area (Å²) in [5.74, 6) is 1.85. The lowest BCUT2D eigenvalue weighted by molar-refractivity contribution is 0.589. The van der Waals surface area contributed by atoms with Gasteiger partial charge in [-0.2, -0.15) is 0 Å². The van der Waals surface area contributed by atoms with Crippen LogP contribution in [0, 0.1) is 0 Å². The summed E-state index contributed by atoms with van der Waals surface area (Å²) in [6.45, 7) is 18.0. The maximum Gasteiger partial charge on any atom is 0.262 e. The van der Waals surface area contributed by atoms with Crippen LogP contribution in [0.2, 0.25) is 0 Å². The molecule has 11 aromatic rings. The SMILES string of the molecule is CC(C)c1cc2c3c(c1)N(c1cccc(-c4coc5ccccc45)c1)c1oc4ccc(C(C)(C)C)cc4c1B3c1c(oc3ccc(C(C)(C)C)cc13)N2c1cccc(-c2coc3ccccc23)c1. The quantitative estimate of drug-likeness (QED) is 0.161. The second-order valence-electron chi connectivity index (χ2n) is 21.2. The van der Waals surface area contributed by atoms with E-state index in [4.69, 9.17) is 17.7 Å². The molecule has 6 nitrogen and oxygen atoms in total. The van der Waals surface area contributed by atoms with Gasteiger partial charge in [0.25, 0.3) is 6.71 Å². The molecule has 7 aromatic carbocycles. The molecule has 6 heterocycles. The zero-order valence-corrected chi connectivity index (χ0v) is 39.7. The second-order valence-corrected chi connectivity index (χ2v) is 21.2. The largest absolute Gasteiger partial charge is 0.464 e. The van der Waals surface area contributed by atoms with E-state index in [1.807, 2.05) is 36.8 Å². The third kappa shape index (κ3) is 6.04. The lowest BCUT2D eigenvalue weighted by atomic mass is 9.33. The molecule has 0 radical (unpaired) electrons. The van der Waals surface area contributed by atoms with E-state index in [0.717, 1.165) is 112 Å². The Kier molecular flexibility index (Phi) is 8.62. The molecule has 2 aliphatic rings. The number of anilines is 6. The van der Waals surface area contributed by atoms with Crippen LogP contribution in [-0.2, 0) is 10.8 Å². The molecule has 2 aliphatic heterocycles. The van der Waals surface area contributed by atoms with Gasteiger partial charge >= 0.3 is 0 Å². The number of furan rings is 4. The molecule has 332 valence electrons. The van der Waals surface area contributed by atoms with E-state index in [1.54, 1.807) is 0 Å². The van der Waals surface area contributed by atoms with Crippen LogP contribution >= 0.6 is 0 Å². The molecule has 0 atom stereocenters. The number of nitrogens with zero attached hydrogens (tertiary/aromatic N) is 2. The van der Waals surface area contributed by atoms with Gasteiger partial charge in [-0.1, -0.05) is 128 Å². The van der Waals surface area contributed by atoms with Gasteiger partial charge in [-0.05, 0) is 123 Å². The maximum absolute atomic E-state index is 7.32. The first-order chi connectivity index (χ1) is 32.8. The monoisotopic (exact) mass is 886 g/mol. The van der Waals surface area contributed by atoms with Crippen molar-refractivity contribution < 1.29 is 17.7 Å². The van der Waals surface area contributed by atoms with Gasteiger partial charge in [0.15, 0.2) is 0 Å². The van der Waals surface area contributed by atoms with E-state index in [-0.39, 0.29) is 23.5 Å². The summed E-state index contributed by atoms with van der Waals surface area (Å²) >= 11 is 0. The van der Waals surface area contributed by atoms with E-state index >= 15 is 0 Å². The van der Waals surface area contributed by atoms with Gasteiger partial charge in [-0.15, -0.1) is 0 Å². The van der Waals surface area contributed by atoms with Crippen molar-refractivity contribution in [2.24, 2.45) is 0 Å². The highest BCUT2D eigenvalue weighted by Crippen LogP contribution is 2.50. The van der Waals surface area contributed by atoms with Crippen LogP contribution in [0.5, 0.6) is 0 Å². The van der Waals surface area contributed by atoms with Crippen LogP contribution in [0.3, 0.4) is 0 Å². The van der Waals surface area contributed by atoms with Gasteiger partial charge in [0.05, 0.1) is 12.5 Å². The van der Waals surface area contributed by atoms with Crippen LogP contribution in [0.15, 0.2) is 176 Å². The molecule has 4 aromatic heterocycles. The lowest BCUT2D eigenvalue weighted by Gasteiger charge is -2.41. The normalized spacial score (nSPS) is 13.6. The van der Waals surface area contributed by atoms with Gasteiger partial charge in [0.2, 0.25) is 11.8 Å². The Morgan fingerprint density at radius 1 is 0.441 bits per heavy atom. The minimum absolute atomic E-state index is 0.0899. The standard InChI is InChI=1S/C61H51BN2O4/c1-35(2)38-29-49-57-50(30-38)64(42-18-14-16-37(28-42)48-34-66-52-22-12-10-20-44(48)52)59-56(46-32-40(61(6,7)8)24-26-54(46)68-59)62(57)55-45-31-39(60(3,4)5)23-25-53(45)67-58(55)63(49)41-17-13-15-36(27-41)47-33-65-51-21-11-9-19-43(47)51/h9-35H,1-8H3. The van der Waals surface area contributed by atoms with Crippen molar-refractivity contribution in [1.82, 2.24) is 0 Å². The number of benzene rings is 7. The first kappa shape index (κ1) is 40.6. The number of hydrogen-bond donors (Lipinski definition) is 0. The summed E-state index contributed by atoms with van der Waals surface area (Å²) in [5.41, 5.74) is 18.9. The van der Waals surface area contributed by atoms with Crippen LogP contribution in [0.25, 0.3) is 66.1 Å². The molecule has 68 heavy (non-hydrogen) atoms. The summed E-state index contributed by atoms with van der Waals surface area (Å²) in [6, 6.07) is 52.6. The smallest absolute Gasteiger partial charge is 0.262 e. The van der Waals surface area contributed by atoms with Crippen LogP contribution in [0.1, 0.15) is 78.0 Å². The maximum atomic E-state index is 7.32. The summed E-state index contributed by atoms with van der Waals surface area (Å²) in [6.07, 6.45) is 3.77. The summed E-state index contributed by atoms with van der Waals surface area (Å²) in [7, 11) is 0. The van der Waals surface area contributed by atoms with Crippen LogP contribution in [0.4, 0.5) is 34.5 Å². The third-order valence-electron chi connectivity index (χ3n) is 14.5. The fourth-order valence-corrected chi connectivity index (χ4v) is 10.9. The first-order valence-electron chi connectivity index (χ1n) is 23.9. The number of hydrogen-bond acceptors (Lipinski definition) is 6. The zero-order valence-electron chi connectivity index (χ0n) is 39.7. The van der Waals surface area contributed by atoms with Crippen molar-refractivity contribution >= 4 is 101 Å². The lowest BCUT2D eigenvalue weighted by Crippen LogP contribution is -2.60. The van der Waals surface area contributed by atoms with Gasteiger partial charge in [-0.3, -0.25) is 9.80 Å². The average molecular weight is 887 g/mol. The predicted octanol–water partition coefficient (Wildman–Crippen LogP) is 15.8. The summed E-state index contributed by atoms with van der Waals surface area (Å²) < 4.78 is 26.9. The molecule has 0 amide bonds. The molecular formula is C61H51BN2O4. The van der Waals surface area contributed by atoms with Crippen molar-refractivity contribution in [3.63, 3.8) is 0 Å². The Morgan fingerprint density at radius 3 is 1.34 bits per heavy atom. The van der Waals surface area contributed by atoms with Gasteiger partial charge in [0.1, 0.15) is 22.3 Å². The molecule has 0 saturated carbocycles. The van der Waals surface area contributed by atoms with E-state index in [9.17, 15) is 0 Å². The summed E-state index contributed by atoms with van der Waals surface area (Å²) in [5, 5.41) is 4.38. The summed E-state index contributed by atoms with van der Waals surface area (Å²) in [4.78, 5) is 4.78. The number of rotatable bonds is 5. The van der Waals surface area contributed by atoms with E-state index in [0.29, 0.717) is 0 Å². The molecule has 13 rings (SSSR count). The topological polar surface area (TPSA) is 59.0 Å². The number of fused-ring (bicyclic) bond motifs is 10. The van der Waals surface area contributed by atoms with Crippen LogP contribution < -0.4 is 26.2 Å². The average Bonchev–Trinajstić information content (AvgIpc) is 4.13. The fraction of sp³-hybridized carbons (Fsp3) is 0.180. The molecule has 0 saturated heterocycles. The Hall–Kier alpha value is -7.64. The van der Waals surface area contributed by atoms with Gasteiger partial charge in [0, 0.05) is 66.3 Å². The molecular weight excluding hydrogens is 835 g/mol. The molecule has 0 N–H and O–H groups in total. The van der Waals surface area contributed by atoms with Crippen molar-refractivity contribution in [3.8, 4) is 22.3 Å². The van der Waals surface area contributed by atoms with E-state index in [1.165, 1.54) is 22.2 Å². The van der Waals surface area contributed by atoms with Gasteiger partial charge in [-0.25, -0.2) is 0 Å². The van der Waals surface area contributed by atoms with Gasteiger partial charge < -0.3 is 17.7 Å². The highest BCUT2D eigenvalue weighted by molar-refractivity contribution is 7.02.